The maximum Gasteiger partial charge on any atom is 0.358 e. The Balaban J connectivity index is 1.78. The lowest BCUT2D eigenvalue weighted by atomic mass is 10.1. The van der Waals surface area contributed by atoms with Gasteiger partial charge in [-0.15, -0.1) is 0 Å². The summed E-state index contributed by atoms with van der Waals surface area (Å²) in [4.78, 5) is 24.3. The third-order valence-corrected chi connectivity index (χ3v) is 3.73. The topological polar surface area (TPSA) is 74.2 Å². The molecule has 3 rings (SSSR count). The highest BCUT2D eigenvalue weighted by Crippen LogP contribution is 2.24. The second kappa shape index (κ2) is 6.80. The molecular formula is C17H14ClN3O3. The van der Waals surface area contributed by atoms with Crippen LogP contribution in [-0.4, -0.2) is 28.0 Å². The second-order valence-electron chi connectivity index (χ2n) is 5.12. The lowest BCUT2D eigenvalue weighted by Crippen LogP contribution is -2.08. The largest absolute Gasteiger partial charge is 0.497 e. The lowest BCUT2D eigenvalue weighted by molar-refractivity contribution is 0.0465. The van der Waals surface area contributed by atoms with Crippen molar-refractivity contribution < 1.29 is 14.3 Å². The number of ether oxygens (including phenoxy) is 2. The minimum Gasteiger partial charge on any atom is -0.497 e. The van der Waals surface area contributed by atoms with E-state index < -0.39 is 5.97 Å². The quantitative estimate of drug-likeness (QED) is 0.534. The predicted molar refractivity (Wildman–Crippen MR) is 89.2 cm³/mol. The summed E-state index contributed by atoms with van der Waals surface area (Å²) < 4.78 is 10.4. The van der Waals surface area contributed by atoms with Crippen LogP contribution in [0.2, 0.25) is 5.15 Å². The van der Waals surface area contributed by atoms with E-state index >= 15 is 0 Å². The summed E-state index contributed by atoms with van der Waals surface area (Å²) in [5, 5.41) is 1.15. The fraction of sp³-hybridized carbons (Fsp3) is 0.176. The number of benzene rings is 1. The van der Waals surface area contributed by atoms with Crippen LogP contribution in [0.5, 0.6) is 5.75 Å². The monoisotopic (exact) mass is 343 g/mol. The van der Waals surface area contributed by atoms with Crippen molar-refractivity contribution in [3.8, 4) is 5.75 Å². The smallest absolute Gasteiger partial charge is 0.358 e. The molecular weight excluding hydrogens is 330 g/mol. The van der Waals surface area contributed by atoms with Gasteiger partial charge < -0.3 is 9.47 Å². The summed E-state index contributed by atoms with van der Waals surface area (Å²) in [6.07, 6.45) is 2.89. The molecule has 0 saturated heterocycles. The van der Waals surface area contributed by atoms with Crippen LogP contribution in [0, 0.1) is 6.92 Å². The number of pyridine rings is 1. The Morgan fingerprint density at radius 1 is 1.21 bits per heavy atom. The van der Waals surface area contributed by atoms with E-state index in [0.717, 1.165) is 11.1 Å². The first-order chi connectivity index (χ1) is 11.6. The number of rotatable bonds is 4. The van der Waals surface area contributed by atoms with Crippen LogP contribution in [0.15, 0.2) is 36.7 Å². The van der Waals surface area contributed by atoms with E-state index in [2.05, 4.69) is 15.0 Å². The van der Waals surface area contributed by atoms with Crippen LogP contribution < -0.4 is 4.74 Å². The van der Waals surface area contributed by atoms with Crippen LogP contribution in [0.1, 0.15) is 21.7 Å². The average molecular weight is 344 g/mol. The van der Waals surface area contributed by atoms with Crippen molar-refractivity contribution in [3.05, 3.63) is 58.8 Å². The van der Waals surface area contributed by atoms with Crippen molar-refractivity contribution in [2.45, 2.75) is 13.5 Å². The number of hydrogen-bond donors (Lipinski definition) is 0. The van der Waals surface area contributed by atoms with Gasteiger partial charge in [0.2, 0.25) is 0 Å². The number of hydrogen-bond acceptors (Lipinski definition) is 6. The van der Waals surface area contributed by atoms with E-state index in [1.807, 2.05) is 18.2 Å². The molecule has 0 spiro atoms. The number of carbonyl (C=O) groups excluding carboxylic acids is 1. The van der Waals surface area contributed by atoms with E-state index in [-0.39, 0.29) is 17.5 Å². The Labute approximate surface area is 143 Å². The molecule has 2 aromatic heterocycles. The number of halogens is 1. The number of aryl methyl sites for hydroxylation is 1. The van der Waals surface area contributed by atoms with Crippen molar-refractivity contribution in [1.82, 2.24) is 15.0 Å². The SMILES string of the molecule is COc1ccc2cc(COC(=O)c3cnc(C)cn3)c(Cl)nc2c1. The fourth-order valence-corrected chi connectivity index (χ4v) is 2.31. The maximum atomic E-state index is 12.0. The fourth-order valence-electron chi connectivity index (χ4n) is 2.11. The first kappa shape index (κ1) is 16.1. The minimum atomic E-state index is -0.562. The molecule has 0 bridgehead atoms. The van der Waals surface area contributed by atoms with Crippen molar-refractivity contribution in [1.29, 1.82) is 0 Å². The van der Waals surface area contributed by atoms with E-state index in [0.29, 0.717) is 16.8 Å². The minimum absolute atomic E-state index is 0.00217. The molecule has 6 nitrogen and oxygen atoms in total. The van der Waals surface area contributed by atoms with Gasteiger partial charge in [0.05, 0.1) is 24.5 Å². The molecule has 1 aromatic carbocycles. The Hall–Kier alpha value is -2.73. The molecule has 2 heterocycles. The van der Waals surface area contributed by atoms with Gasteiger partial charge in [-0.1, -0.05) is 11.6 Å². The van der Waals surface area contributed by atoms with E-state index in [9.17, 15) is 4.79 Å². The molecule has 24 heavy (non-hydrogen) atoms. The summed E-state index contributed by atoms with van der Waals surface area (Å²) in [6.45, 7) is 1.79. The van der Waals surface area contributed by atoms with Gasteiger partial charge in [0.1, 0.15) is 17.5 Å². The number of fused-ring (bicyclic) bond motifs is 1. The van der Waals surface area contributed by atoms with E-state index in [1.165, 1.54) is 12.4 Å². The van der Waals surface area contributed by atoms with Crippen LogP contribution in [0.3, 0.4) is 0 Å². The van der Waals surface area contributed by atoms with Crippen molar-refractivity contribution in [3.63, 3.8) is 0 Å². The zero-order chi connectivity index (χ0) is 17.1. The zero-order valence-electron chi connectivity index (χ0n) is 13.1. The highest BCUT2D eigenvalue weighted by molar-refractivity contribution is 6.30. The molecule has 0 atom stereocenters. The van der Waals surface area contributed by atoms with Crippen LogP contribution in [0.25, 0.3) is 10.9 Å². The summed E-state index contributed by atoms with van der Waals surface area (Å²) in [7, 11) is 1.59. The van der Waals surface area contributed by atoms with Gasteiger partial charge in [-0.05, 0) is 25.1 Å². The van der Waals surface area contributed by atoms with Gasteiger partial charge in [-0.25, -0.2) is 14.8 Å². The molecule has 3 aromatic rings. The van der Waals surface area contributed by atoms with Gasteiger partial charge in [-0.3, -0.25) is 4.98 Å². The van der Waals surface area contributed by atoms with Gasteiger partial charge in [0, 0.05) is 23.2 Å². The number of nitrogens with zero attached hydrogens (tertiary/aromatic N) is 3. The molecule has 0 saturated carbocycles. The highest BCUT2D eigenvalue weighted by Gasteiger charge is 2.12. The first-order valence-corrected chi connectivity index (χ1v) is 7.53. The molecule has 0 fully saturated rings. The Bertz CT molecular complexity index is 897. The first-order valence-electron chi connectivity index (χ1n) is 7.16. The van der Waals surface area contributed by atoms with Gasteiger partial charge in [0.15, 0.2) is 5.69 Å². The van der Waals surface area contributed by atoms with Crippen LogP contribution in [0.4, 0.5) is 0 Å². The van der Waals surface area contributed by atoms with Crippen molar-refractivity contribution in [2.24, 2.45) is 0 Å². The van der Waals surface area contributed by atoms with Crippen LogP contribution >= 0.6 is 11.6 Å². The van der Waals surface area contributed by atoms with Crippen molar-refractivity contribution >= 4 is 28.5 Å². The highest BCUT2D eigenvalue weighted by atomic mass is 35.5. The number of methoxy groups -OCH3 is 1. The standard InChI is InChI=1S/C17H14ClN3O3/c1-10-7-20-15(8-19-10)17(22)24-9-12-5-11-3-4-13(23-2)6-14(11)21-16(12)18/h3-8H,9H2,1-2H3. The van der Waals surface area contributed by atoms with E-state index in [1.54, 1.807) is 20.1 Å². The number of esters is 1. The molecule has 122 valence electrons. The summed E-state index contributed by atoms with van der Waals surface area (Å²) in [6, 6.07) is 7.32. The van der Waals surface area contributed by atoms with Gasteiger partial charge >= 0.3 is 5.97 Å². The lowest BCUT2D eigenvalue weighted by Gasteiger charge is -2.08. The van der Waals surface area contributed by atoms with Crippen molar-refractivity contribution in [2.75, 3.05) is 7.11 Å². The predicted octanol–water partition coefficient (Wildman–Crippen LogP) is 3.35. The molecule has 0 aliphatic carbocycles. The molecule has 0 aliphatic heterocycles. The van der Waals surface area contributed by atoms with Gasteiger partial charge in [-0.2, -0.15) is 0 Å². The average Bonchev–Trinajstić information content (AvgIpc) is 2.59. The third-order valence-electron chi connectivity index (χ3n) is 3.40. The summed E-state index contributed by atoms with van der Waals surface area (Å²) >= 11 is 6.18. The molecule has 0 radical (unpaired) electrons. The number of aromatic nitrogens is 3. The Morgan fingerprint density at radius 3 is 2.75 bits per heavy atom. The van der Waals surface area contributed by atoms with E-state index in [4.69, 9.17) is 21.1 Å². The molecule has 0 aliphatic rings. The normalized spacial score (nSPS) is 10.6. The zero-order valence-corrected chi connectivity index (χ0v) is 13.9. The molecule has 7 heteroatoms. The third kappa shape index (κ3) is 3.44. The summed E-state index contributed by atoms with van der Waals surface area (Å²) in [5.74, 6) is 0.136. The van der Waals surface area contributed by atoms with Crippen LogP contribution in [-0.2, 0) is 11.3 Å². The second-order valence-corrected chi connectivity index (χ2v) is 5.47. The Morgan fingerprint density at radius 2 is 2.04 bits per heavy atom. The summed E-state index contributed by atoms with van der Waals surface area (Å²) in [5.41, 5.74) is 2.19. The number of carbonyl (C=O) groups is 1. The Kier molecular flexibility index (Phi) is 4.57. The molecule has 0 amide bonds. The maximum absolute atomic E-state index is 12.0. The molecule has 0 unspecified atom stereocenters. The van der Waals surface area contributed by atoms with Gasteiger partial charge in [0.25, 0.3) is 0 Å². The molecule has 0 N–H and O–H groups in total.